The Labute approximate surface area is 91.5 Å². The summed E-state index contributed by atoms with van der Waals surface area (Å²) >= 11 is 0. The highest BCUT2D eigenvalue weighted by Gasteiger charge is 2.49. The Hall–Kier alpha value is -0.610. The number of nitrogens with two attached hydrogens (primary N) is 1. The van der Waals surface area contributed by atoms with Crippen LogP contribution < -0.4 is 11.1 Å². The molecule has 0 aromatic heterocycles. The number of ether oxygens (including phenoxy) is 1. The Balaban J connectivity index is 2.53. The summed E-state index contributed by atoms with van der Waals surface area (Å²) in [5, 5.41) is 2.97. The van der Waals surface area contributed by atoms with Crippen molar-refractivity contribution >= 4 is 5.91 Å². The maximum atomic E-state index is 11.7. The van der Waals surface area contributed by atoms with E-state index in [1.807, 2.05) is 0 Å². The van der Waals surface area contributed by atoms with Gasteiger partial charge in [0.05, 0.1) is 11.6 Å². The molecule has 0 saturated heterocycles. The van der Waals surface area contributed by atoms with Gasteiger partial charge in [0.1, 0.15) is 0 Å². The molecule has 0 spiro atoms. The molecular formula is C11H22N2O2. The van der Waals surface area contributed by atoms with Crippen molar-refractivity contribution in [3.05, 3.63) is 0 Å². The van der Waals surface area contributed by atoms with Gasteiger partial charge < -0.3 is 15.8 Å². The third-order valence-electron chi connectivity index (χ3n) is 3.35. The third kappa shape index (κ3) is 2.32. The molecule has 2 unspecified atom stereocenters. The predicted octanol–water partition coefficient (Wildman–Crippen LogP) is 0.653. The fourth-order valence-corrected chi connectivity index (χ4v) is 1.87. The van der Waals surface area contributed by atoms with Crippen molar-refractivity contribution in [2.45, 2.75) is 51.8 Å². The molecule has 0 aromatic carbocycles. The number of carbonyl (C=O) groups is 1. The Bertz CT molecular complexity index is 256. The lowest BCUT2D eigenvalue weighted by atomic mass is 9.64. The van der Waals surface area contributed by atoms with Gasteiger partial charge in [-0.05, 0) is 20.3 Å². The average Bonchev–Trinajstić information content (AvgIpc) is 2.09. The largest absolute Gasteiger partial charge is 0.381 e. The molecule has 0 bridgehead atoms. The van der Waals surface area contributed by atoms with Crippen molar-refractivity contribution in [1.82, 2.24) is 5.32 Å². The van der Waals surface area contributed by atoms with Crippen LogP contribution in [0.3, 0.4) is 0 Å². The van der Waals surface area contributed by atoms with Crippen LogP contribution in [0.4, 0.5) is 0 Å². The van der Waals surface area contributed by atoms with Gasteiger partial charge in [0.25, 0.3) is 0 Å². The smallest absolute Gasteiger partial charge is 0.239 e. The molecule has 0 radical (unpaired) electrons. The molecule has 15 heavy (non-hydrogen) atoms. The van der Waals surface area contributed by atoms with Gasteiger partial charge in [0, 0.05) is 18.6 Å². The van der Waals surface area contributed by atoms with Gasteiger partial charge in [-0.2, -0.15) is 0 Å². The summed E-state index contributed by atoms with van der Waals surface area (Å²) in [5.41, 5.74) is 4.90. The average molecular weight is 214 g/mol. The molecule has 1 rings (SSSR count). The number of nitrogens with one attached hydrogen (secondary N) is 1. The van der Waals surface area contributed by atoms with Gasteiger partial charge in [-0.3, -0.25) is 4.79 Å². The predicted molar refractivity (Wildman–Crippen MR) is 59.4 cm³/mol. The molecule has 88 valence electrons. The van der Waals surface area contributed by atoms with Gasteiger partial charge in [-0.15, -0.1) is 0 Å². The first-order valence-electron chi connectivity index (χ1n) is 5.32. The fraction of sp³-hybridized carbons (Fsp3) is 0.909. The number of methoxy groups -OCH3 is 1. The lowest BCUT2D eigenvalue weighted by Crippen LogP contribution is -2.65. The first kappa shape index (κ1) is 12.5. The van der Waals surface area contributed by atoms with Gasteiger partial charge in [0.15, 0.2) is 0 Å². The van der Waals surface area contributed by atoms with E-state index in [2.05, 4.69) is 19.2 Å². The second kappa shape index (κ2) is 3.76. The minimum absolute atomic E-state index is 0.00431. The fourth-order valence-electron chi connectivity index (χ4n) is 1.87. The summed E-state index contributed by atoms with van der Waals surface area (Å²) in [6.45, 7) is 7.61. The molecule has 1 saturated carbocycles. The Kier molecular flexibility index (Phi) is 3.12. The van der Waals surface area contributed by atoms with Crippen molar-refractivity contribution in [3.8, 4) is 0 Å². The summed E-state index contributed by atoms with van der Waals surface area (Å²) in [7, 11) is 1.71. The van der Waals surface area contributed by atoms with E-state index in [1.54, 1.807) is 21.0 Å². The molecule has 0 heterocycles. The van der Waals surface area contributed by atoms with Gasteiger partial charge in [-0.1, -0.05) is 13.8 Å². The molecule has 1 amide bonds. The second-order valence-electron chi connectivity index (χ2n) is 5.53. The summed E-state index contributed by atoms with van der Waals surface area (Å²) in [5.74, 6) is -0.102. The van der Waals surface area contributed by atoms with E-state index >= 15 is 0 Å². The number of amides is 1. The molecule has 3 N–H and O–H groups in total. The number of hydrogen-bond acceptors (Lipinski definition) is 3. The van der Waals surface area contributed by atoms with E-state index in [0.29, 0.717) is 0 Å². The quantitative estimate of drug-likeness (QED) is 0.725. The number of hydrogen-bond donors (Lipinski definition) is 2. The molecule has 0 aliphatic heterocycles. The third-order valence-corrected chi connectivity index (χ3v) is 3.35. The van der Waals surface area contributed by atoms with Crippen molar-refractivity contribution in [1.29, 1.82) is 0 Å². The highest BCUT2D eigenvalue weighted by atomic mass is 16.5. The molecule has 4 nitrogen and oxygen atoms in total. The zero-order chi connectivity index (χ0) is 11.9. The summed E-state index contributed by atoms with van der Waals surface area (Å²) in [4.78, 5) is 11.7. The van der Waals surface area contributed by atoms with Crippen molar-refractivity contribution in [2.24, 2.45) is 11.1 Å². The molecule has 1 aliphatic carbocycles. The van der Waals surface area contributed by atoms with Crippen molar-refractivity contribution in [3.63, 3.8) is 0 Å². The van der Waals surface area contributed by atoms with Gasteiger partial charge >= 0.3 is 0 Å². The lowest BCUT2D eigenvalue weighted by molar-refractivity contribution is -0.136. The van der Waals surface area contributed by atoms with Crippen LogP contribution in [0.1, 0.15) is 34.1 Å². The zero-order valence-electron chi connectivity index (χ0n) is 10.3. The van der Waals surface area contributed by atoms with Crippen LogP contribution in [-0.2, 0) is 9.53 Å². The van der Waals surface area contributed by atoms with Crippen LogP contribution in [0, 0.1) is 5.41 Å². The second-order valence-corrected chi connectivity index (χ2v) is 5.53. The van der Waals surface area contributed by atoms with Crippen molar-refractivity contribution < 1.29 is 9.53 Å². The molecule has 4 heteroatoms. The van der Waals surface area contributed by atoms with E-state index in [1.165, 1.54) is 0 Å². The summed E-state index contributed by atoms with van der Waals surface area (Å²) in [6, 6.07) is 0.165. The Morgan fingerprint density at radius 1 is 1.53 bits per heavy atom. The minimum atomic E-state index is -0.811. The molecule has 1 aliphatic rings. The Morgan fingerprint density at radius 3 is 2.40 bits per heavy atom. The van der Waals surface area contributed by atoms with E-state index < -0.39 is 5.54 Å². The van der Waals surface area contributed by atoms with Crippen LogP contribution in [0.2, 0.25) is 0 Å². The van der Waals surface area contributed by atoms with Crippen LogP contribution in [0.5, 0.6) is 0 Å². The van der Waals surface area contributed by atoms with Crippen molar-refractivity contribution in [2.75, 3.05) is 7.11 Å². The van der Waals surface area contributed by atoms with Gasteiger partial charge in [-0.25, -0.2) is 0 Å². The molecule has 2 atom stereocenters. The molecular weight excluding hydrogens is 192 g/mol. The van der Waals surface area contributed by atoms with Gasteiger partial charge in [0.2, 0.25) is 5.91 Å². The molecule has 0 aromatic rings. The van der Waals surface area contributed by atoms with E-state index in [-0.39, 0.29) is 23.5 Å². The standard InChI is InChI=1S/C11H22N2O2/c1-10(2)7(6-8(10)15-5)13-9(14)11(3,4)12/h7-8H,6,12H2,1-5H3,(H,13,14). The van der Waals surface area contributed by atoms with Crippen LogP contribution >= 0.6 is 0 Å². The topological polar surface area (TPSA) is 64.3 Å². The Morgan fingerprint density at radius 2 is 2.07 bits per heavy atom. The van der Waals surface area contributed by atoms with E-state index in [4.69, 9.17) is 10.5 Å². The van der Waals surface area contributed by atoms with Crippen LogP contribution in [-0.4, -0.2) is 30.7 Å². The SMILES string of the molecule is COC1CC(NC(=O)C(C)(C)N)C1(C)C. The number of rotatable bonds is 3. The highest BCUT2D eigenvalue weighted by Crippen LogP contribution is 2.42. The monoisotopic (exact) mass is 214 g/mol. The van der Waals surface area contributed by atoms with E-state index in [0.717, 1.165) is 6.42 Å². The van der Waals surface area contributed by atoms with Crippen LogP contribution in [0.25, 0.3) is 0 Å². The highest BCUT2D eigenvalue weighted by molar-refractivity contribution is 5.85. The molecule has 1 fully saturated rings. The maximum absolute atomic E-state index is 11.7. The minimum Gasteiger partial charge on any atom is -0.381 e. The maximum Gasteiger partial charge on any atom is 0.239 e. The first-order chi connectivity index (χ1) is 6.69. The summed E-state index contributed by atoms with van der Waals surface area (Å²) in [6.07, 6.45) is 1.09. The lowest BCUT2D eigenvalue weighted by Gasteiger charge is -2.51. The normalized spacial score (nSPS) is 29.5. The summed E-state index contributed by atoms with van der Waals surface area (Å²) < 4.78 is 5.32. The van der Waals surface area contributed by atoms with E-state index in [9.17, 15) is 4.79 Å². The zero-order valence-corrected chi connectivity index (χ0v) is 10.3. The van der Waals surface area contributed by atoms with Crippen LogP contribution in [0.15, 0.2) is 0 Å². The first-order valence-corrected chi connectivity index (χ1v) is 5.32. The number of carbonyl (C=O) groups excluding carboxylic acids is 1.